The van der Waals surface area contributed by atoms with Gasteiger partial charge in [-0.05, 0) is 13.1 Å². The first-order valence-corrected chi connectivity index (χ1v) is 5.51. The van der Waals surface area contributed by atoms with Crippen molar-refractivity contribution in [1.29, 1.82) is 0 Å². The molecule has 0 fully saturated rings. The standard InChI is InChI=1S/C9H10ClN3S/c1-11-4-2-3-7-8(10)12-9-13(7)5-6-14-9/h2-3,5-6,11H,4H2,1H3. The Morgan fingerprint density at radius 2 is 2.57 bits per heavy atom. The van der Waals surface area contributed by atoms with Gasteiger partial charge in [0.25, 0.3) is 0 Å². The van der Waals surface area contributed by atoms with E-state index in [0.29, 0.717) is 5.15 Å². The largest absolute Gasteiger partial charge is 0.316 e. The van der Waals surface area contributed by atoms with E-state index < -0.39 is 0 Å². The molecule has 0 radical (unpaired) electrons. The van der Waals surface area contributed by atoms with Gasteiger partial charge in [-0.15, -0.1) is 11.3 Å². The smallest absolute Gasteiger partial charge is 0.195 e. The molecule has 5 heteroatoms. The molecule has 0 amide bonds. The summed E-state index contributed by atoms with van der Waals surface area (Å²) in [5.74, 6) is 0. The van der Waals surface area contributed by atoms with Crippen LogP contribution in [0, 0.1) is 0 Å². The van der Waals surface area contributed by atoms with Crippen LogP contribution >= 0.6 is 22.9 Å². The van der Waals surface area contributed by atoms with Crippen molar-refractivity contribution < 1.29 is 0 Å². The lowest BCUT2D eigenvalue weighted by molar-refractivity contribution is 0.922. The first-order valence-electron chi connectivity index (χ1n) is 4.25. The summed E-state index contributed by atoms with van der Waals surface area (Å²) in [6, 6.07) is 0. The third kappa shape index (κ3) is 1.68. The number of thiazole rings is 1. The zero-order chi connectivity index (χ0) is 9.97. The molecule has 2 aromatic heterocycles. The summed E-state index contributed by atoms with van der Waals surface area (Å²) >= 11 is 7.57. The van der Waals surface area contributed by atoms with Crippen molar-refractivity contribution >= 4 is 34.0 Å². The number of likely N-dealkylation sites (N-methyl/N-ethyl adjacent to an activating group) is 1. The van der Waals surface area contributed by atoms with Crippen molar-refractivity contribution in [3.8, 4) is 0 Å². The quantitative estimate of drug-likeness (QED) is 0.872. The van der Waals surface area contributed by atoms with Crippen LogP contribution in [-0.4, -0.2) is 23.0 Å². The number of hydrogen-bond donors (Lipinski definition) is 1. The first kappa shape index (κ1) is 9.71. The molecule has 0 spiro atoms. The molecule has 74 valence electrons. The maximum absolute atomic E-state index is 5.99. The number of rotatable bonds is 3. The fourth-order valence-corrected chi connectivity index (χ4v) is 2.22. The summed E-state index contributed by atoms with van der Waals surface area (Å²) in [6.45, 7) is 0.827. The van der Waals surface area contributed by atoms with E-state index in [1.165, 1.54) is 0 Å². The molecule has 0 bridgehead atoms. The molecule has 0 aromatic carbocycles. The molecule has 0 aliphatic rings. The van der Waals surface area contributed by atoms with Gasteiger partial charge in [-0.1, -0.05) is 17.7 Å². The van der Waals surface area contributed by atoms with Crippen molar-refractivity contribution in [2.24, 2.45) is 0 Å². The monoisotopic (exact) mass is 227 g/mol. The van der Waals surface area contributed by atoms with Crippen molar-refractivity contribution in [3.63, 3.8) is 0 Å². The second-order valence-electron chi connectivity index (χ2n) is 2.80. The number of halogens is 1. The normalized spacial score (nSPS) is 11.9. The van der Waals surface area contributed by atoms with E-state index in [4.69, 9.17) is 11.6 Å². The van der Waals surface area contributed by atoms with Crippen LogP contribution in [-0.2, 0) is 0 Å². The zero-order valence-electron chi connectivity index (χ0n) is 7.70. The highest BCUT2D eigenvalue weighted by Gasteiger charge is 2.07. The number of aromatic nitrogens is 2. The van der Waals surface area contributed by atoms with Gasteiger partial charge in [0.2, 0.25) is 0 Å². The van der Waals surface area contributed by atoms with Crippen molar-refractivity contribution in [3.05, 3.63) is 28.5 Å². The van der Waals surface area contributed by atoms with Gasteiger partial charge < -0.3 is 5.32 Å². The second kappa shape index (κ2) is 4.13. The van der Waals surface area contributed by atoms with Crippen molar-refractivity contribution in [2.45, 2.75) is 0 Å². The van der Waals surface area contributed by atoms with Crippen LogP contribution < -0.4 is 5.32 Å². The van der Waals surface area contributed by atoms with Gasteiger partial charge in [0, 0.05) is 18.1 Å². The Hall–Kier alpha value is -0.840. The molecule has 0 unspecified atom stereocenters. The molecule has 3 nitrogen and oxygen atoms in total. The number of nitrogens with one attached hydrogen (secondary N) is 1. The molecule has 0 saturated carbocycles. The Morgan fingerprint density at radius 1 is 1.71 bits per heavy atom. The summed E-state index contributed by atoms with van der Waals surface area (Å²) < 4.78 is 1.99. The van der Waals surface area contributed by atoms with Gasteiger partial charge in [-0.25, -0.2) is 4.98 Å². The lowest BCUT2D eigenvalue weighted by Crippen LogP contribution is -2.03. The highest BCUT2D eigenvalue weighted by Crippen LogP contribution is 2.22. The number of imidazole rings is 1. The van der Waals surface area contributed by atoms with E-state index in [9.17, 15) is 0 Å². The number of nitrogens with zero attached hydrogens (tertiary/aromatic N) is 2. The Labute approximate surface area is 91.0 Å². The Morgan fingerprint density at radius 3 is 3.36 bits per heavy atom. The van der Waals surface area contributed by atoms with Crippen LogP contribution in [0.3, 0.4) is 0 Å². The zero-order valence-corrected chi connectivity index (χ0v) is 9.27. The Bertz CT molecular complexity index is 458. The fraction of sp³-hybridized carbons (Fsp3) is 0.222. The van der Waals surface area contributed by atoms with E-state index in [1.54, 1.807) is 11.3 Å². The fourth-order valence-electron chi connectivity index (χ4n) is 1.21. The third-order valence-corrected chi connectivity index (χ3v) is 2.89. The van der Waals surface area contributed by atoms with Crippen LogP contribution in [0.15, 0.2) is 17.7 Å². The topological polar surface area (TPSA) is 29.3 Å². The van der Waals surface area contributed by atoms with Gasteiger partial charge in [0.15, 0.2) is 10.1 Å². The minimum Gasteiger partial charge on any atom is -0.316 e. The average molecular weight is 228 g/mol. The predicted molar refractivity (Wildman–Crippen MR) is 61.0 cm³/mol. The second-order valence-corrected chi connectivity index (χ2v) is 4.03. The molecule has 1 N–H and O–H groups in total. The van der Waals surface area contributed by atoms with E-state index >= 15 is 0 Å². The van der Waals surface area contributed by atoms with Gasteiger partial charge in [0.1, 0.15) is 0 Å². The van der Waals surface area contributed by atoms with E-state index in [2.05, 4.69) is 10.3 Å². The SMILES string of the molecule is CNCC=Cc1c(Cl)nc2sccn12. The predicted octanol–water partition coefficient (Wildman–Crippen LogP) is 2.28. The lowest BCUT2D eigenvalue weighted by Gasteiger charge is -1.91. The Kier molecular flexibility index (Phi) is 2.86. The third-order valence-electron chi connectivity index (χ3n) is 1.85. The Balaban J connectivity index is 2.38. The molecule has 0 aliphatic carbocycles. The van der Waals surface area contributed by atoms with Gasteiger partial charge >= 0.3 is 0 Å². The highest BCUT2D eigenvalue weighted by molar-refractivity contribution is 7.15. The number of fused-ring (bicyclic) bond motifs is 1. The molecular weight excluding hydrogens is 218 g/mol. The highest BCUT2D eigenvalue weighted by atomic mass is 35.5. The maximum atomic E-state index is 5.99. The van der Waals surface area contributed by atoms with E-state index in [0.717, 1.165) is 17.2 Å². The molecule has 0 aliphatic heterocycles. The summed E-state index contributed by atoms with van der Waals surface area (Å²) in [6.07, 6.45) is 5.97. The molecule has 0 saturated heterocycles. The van der Waals surface area contributed by atoms with Crippen molar-refractivity contribution in [2.75, 3.05) is 13.6 Å². The van der Waals surface area contributed by atoms with Crippen LogP contribution in [0.2, 0.25) is 5.15 Å². The summed E-state index contributed by atoms with van der Waals surface area (Å²) in [5.41, 5.74) is 0.943. The summed E-state index contributed by atoms with van der Waals surface area (Å²) in [4.78, 5) is 5.16. The first-order chi connectivity index (χ1) is 6.83. The van der Waals surface area contributed by atoms with Crippen molar-refractivity contribution in [1.82, 2.24) is 14.7 Å². The summed E-state index contributed by atoms with van der Waals surface area (Å²) in [7, 11) is 1.91. The van der Waals surface area contributed by atoms with Gasteiger partial charge in [-0.3, -0.25) is 4.40 Å². The van der Waals surface area contributed by atoms with Gasteiger partial charge in [0.05, 0.1) is 5.69 Å². The van der Waals surface area contributed by atoms with E-state index in [-0.39, 0.29) is 0 Å². The molecular formula is C9H10ClN3S. The minimum absolute atomic E-state index is 0.559. The maximum Gasteiger partial charge on any atom is 0.195 e. The minimum atomic E-state index is 0.559. The van der Waals surface area contributed by atoms with Crippen LogP contribution in [0.4, 0.5) is 0 Å². The lowest BCUT2D eigenvalue weighted by atomic mass is 10.4. The number of hydrogen-bond acceptors (Lipinski definition) is 3. The molecule has 2 rings (SSSR count). The average Bonchev–Trinajstić information content (AvgIpc) is 2.69. The molecule has 2 heterocycles. The van der Waals surface area contributed by atoms with Crippen LogP contribution in [0.1, 0.15) is 5.69 Å². The molecule has 2 aromatic rings. The van der Waals surface area contributed by atoms with Crippen LogP contribution in [0.25, 0.3) is 11.0 Å². The van der Waals surface area contributed by atoms with E-state index in [1.807, 2.05) is 35.2 Å². The summed E-state index contributed by atoms with van der Waals surface area (Å²) in [5, 5.41) is 5.59. The molecule has 0 atom stereocenters. The van der Waals surface area contributed by atoms with Crippen LogP contribution in [0.5, 0.6) is 0 Å². The molecule has 14 heavy (non-hydrogen) atoms. The van der Waals surface area contributed by atoms with Gasteiger partial charge in [-0.2, -0.15) is 0 Å².